The number of carbonyl (C=O) groups excluding carboxylic acids is 1. The number of aromatic nitrogens is 6. The molecule has 12 heteroatoms. The molecule has 1 atom stereocenters. The number of pyridine rings is 2. The Bertz CT molecular complexity index is 1910. The van der Waals surface area contributed by atoms with Gasteiger partial charge in [-0.2, -0.15) is 10.2 Å². The number of halogens is 1. The number of likely N-dealkylation sites (tertiary alicyclic amines) is 1. The van der Waals surface area contributed by atoms with Crippen LogP contribution in [0.25, 0.3) is 33.1 Å². The van der Waals surface area contributed by atoms with Crippen molar-refractivity contribution in [1.82, 2.24) is 38.9 Å². The van der Waals surface area contributed by atoms with Crippen LogP contribution in [0.5, 0.6) is 0 Å². The maximum Gasteiger partial charge on any atom is 0.319 e. The van der Waals surface area contributed by atoms with Gasteiger partial charge in [0.15, 0.2) is 0 Å². The van der Waals surface area contributed by atoms with Crippen molar-refractivity contribution in [3.63, 3.8) is 0 Å². The van der Waals surface area contributed by atoms with Crippen LogP contribution < -0.4 is 10.9 Å². The van der Waals surface area contributed by atoms with Crippen LogP contribution in [0.3, 0.4) is 0 Å². The maximum absolute atomic E-state index is 13.9. The van der Waals surface area contributed by atoms with Crippen LogP contribution >= 0.6 is 11.6 Å². The number of nitrogens with one attached hydrogen (secondary N) is 1. The second-order valence-corrected chi connectivity index (χ2v) is 12.0. The first-order valence-corrected chi connectivity index (χ1v) is 14.8. The summed E-state index contributed by atoms with van der Waals surface area (Å²) in [6, 6.07) is 7.70. The molecule has 1 aliphatic rings. The van der Waals surface area contributed by atoms with Crippen molar-refractivity contribution in [1.29, 1.82) is 0 Å². The Morgan fingerprint density at radius 2 is 1.84 bits per heavy atom. The Kier molecular flexibility index (Phi) is 7.37. The van der Waals surface area contributed by atoms with Gasteiger partial charge in [-0.15, -0.1) is 0 Å². The zero-order chi connectivity index (χ0) is 30.6. The smallest absolute Gasteiger partial charge is 0.319 e. The third-order valence-electron chi connectivity index (χ3n) is 8.35. The molecule has 0 aliphatic carbocycles. The van der Waals surface area contributed by atoms with E-state index in [4.69, 9.17) is 16.7 Å². The molecule has 6 rings (SSSR count). The van der Waals surface area contributed by atoms with Gasteiger partial charge in [-0.05, 0) is 56.0 Å². The van der Waals surface area contributed by atoms with E-state index in [0.29, 0.717) is 29.3 Å². The van der Waals surface area contributed by atoms with Gasteiger partial charge < -0.3 is 15.1 Å². The molecule has 1 unspecified atom stereocenters. The van der Waals surface area contributed by atoms with Crippen molar-refractivity contribution in [2.75, 3.05) is 32.5 Å². The fraction of sp³-hybridized carbons (Fsp3) is 0.387. The molecule has 1 aliphatic heterocycles. The van der Waals surface area contributed by atoms with Crippen molar-refractivity contribution in [2.45, 2.75) is 38.8 Å². The Morgan fingerprint density at radius 3 is 2.51 bits per heavy atom. The number of carbonyl (C=O) groups is 1. The van der Waals surface area contributed by atoms with Crippen LogP contribution in [-0.2, 0) is 14.1 Å². The third kappa shape index (κ3) is 5.11. The number of nitrogens with zero attached hydrogens (tertiary/aromatic N) is 8. The molecule has 5 heterocycles. The lowest BCUT2D eigenvalue weighted by Crippen LogP contribution is -2.44. The summed E-state index contributed by atoms with van der Waals surface area (Å²) < 4.78 is 5.43. The van der Waals surface area contributed by atoms with E-state index in [1.807, 2.05) is 55.1 Å². The molecule has 1 fully saturated rings. The molecule has 5 aromatic rings. The van der Waals surface area contributed by atoms with Crippen molar-refractivity contribution in [3.05, 3.63) is 69.5 Å². The third-order valence-corrected chi connectivity index (χ3v) is 8.56. The molecule has 2 amide bonds. The number of amides is 2. The molecule has 4 aromatic heterocycles. The molecule has 0 radical (unpaired) electrons. The Labute approximate surface area is 254 Å². The van der Waals surface area contributed by atoms with E-state index >= 15 is 0 Å². The van der Waals surface area contributed by atoms with Gasteiger partial charge >= 0.3 is 6.03 Å². The lowest BCUT2D eigenvalue weighted by Gasteiger charge is -2.34. The predicted octanol–water partition coefficient (Wildman–Crippen LogP) is 5.14. The number of urea groups is 1. The summed E-state index contributed by atoms with van der Waals surface area (Å²) in [6.07, 6.45) is 7.08. The van der Waals surface area contributed by atoms with E-state index in [9.17, 15) is 9.59 Å². The van der Waals surface area contributed by atoms with Gasteiger partial charge in [0.05, 0.1) is 29.8 Å². The summed E-state index contributed by atoms with van der Waals surface area (Å²) in [5.41, 5.74) is 5.09. The zero-order valence-electron chi connectivity index (χ0n) is 25.3. The van der Waals surface area contributed by atoms with E-state index in [1.54, 1.807) is 40.5 Å². The molecular weight excluding hydrogens is 566 g/mol. The number of benzene rings is 1. The molecule has 11 nitrogen and oxygen atoms in total. The average Bonchev–Trinajstić information content (AvgIpc) is 3.62. The molecule has 224 valence electrons. The summed E-state index contributed by atoms with van der Waals surface area (Å²) in [4.78, 5) is 34.4. The van der Waals surface area contributed by atoms with Gasteiger partial charge in [0, 0.05) is 75.2 Å². The van der Waals surface area contributed by atoms with Gasteiger partial charge in [0.1, 0.15) is 10.8 Å². The van der Waals surface area contributed by atoms with E-state index in [-0.39, 0.29) is 23.7 Å². The minimum atomic E-state index is -0.181. The van der Waals surface area contributed by atoms with Gasteiger partial charge in [-0.1, -0.05) is 17.7 Å². The van der Waals surface area contributed by atoms with Crippen LogP contribution in [-0.4, -0.2) is 72.1 Å². The molecule has 1 aromatic carbocycles. The average molecular weight is 602 g/mol. The summed E-state index contributed by atoms with van der Waals surface area (Å²) in [5, 5.41) is 15.6. The minimum absolute atomic E-state index is 0.0197. The molecule has 1 saturated heterocycles. The number of fused-ring (bicyclic) bond motifs is 3. The quantitative estimate of drug-likeness (QED) is 0.280. The highest BCUT2D eigenvalue weighted by Crippen LogP contribution is 2.36. The molecule has 1 N–H and O–H groups in total. The van der Waals surface area contributed by atoms with E-state index in [0.717, 1.165) is 51.6 Å². The Hall–Kier alpha value is -4.38. The predicted molar refractivity (Wildman–Crippen MR) is 170 cm³/mol. The second kappa shape index (κ2) is 11.0. The van der Waals surface area contributed by atoms with Gasteiger partial charge in [-0.25, -0.2) is 14.5 Å². The molecule has 0 spiro atoms. The number of piperidine rings is 1. The molecule has 0 saturated carbocycles. The van der Waals surface area contributed by atoms with Gasteiger partial charge in [0.2, 0.25) is 0 Å². The normalized spacial score (nSPS) is 14.9. The topological polar surface area (TPSA) is 106 Å². The second-order valence-electron chi connectivity index (χ2n) is 11.7. The number of hydrogen-bond acceptors (Lipinski definition) is 6. The number of rotatable bonds is 5. The highest BCUT2D eigenvalue weighted by atomic mass is 35.5. The standard InChI is InChI=1S/C31H36ClN9O2/c1-18-13-22(19(2)35-25-7-8-26(32)36-28(25)20-15-33-38(5)17-20)27-23(14-18)30(42)39(6)29-24(27)16-34-41(29)21-9-11-40(12-10-21)31(43)37(3)4/h7-8,13-17,19,21,35H,9-12H2,1-6H3. The van der Waals surface area contributed by atoms with Crippen LogP contribution in [0, 0.1) is 6.92 Å². The molecular formula is C31H36ClN9O2. The number of hydrogen-bond donors (Lipinski definition) is 1. The lowest BCUT2D eigenvalue weighted by molar-refractivity contribution is 0.147. The van der Waals surface area contributed by atoms with E-state index in [2.05, 4.69) is 28.4 Å². The van der Waals surface area contributed by atoms with Crippen LogP contribution in [0.2, 0.25) is 5.15 Å². The minimum Gasteiger partial charge on any atom is -0.377 e. The van der Waals surface area contributed by atoms with Crippen molar-refractivity contribution in [2.24, 2.45) is 14.1 Å². The SMILES string of the molecule is Cc1cc(C(C)Nc2ccc(Cl)nc2-c2cnn(C)c2)c2c(c1)c(=O)n(C)c1c2cnn1C1CCN(C(=O)N(C)C)CC1. The summed E-state index contributed by atoms with van der Waals surface area (Å²) in [6.45, 7) is 5.38. The number of anilines is 1. The Morgan fingerprint density at radius 1 is 1.09 bits per heavy atom. The number of aryl methyl sites for hydroxylation is 3. The fourth-order valence-electron chi connectivity index (χ4n) is 6.25. The lowest BCUT2D eigenvalue weighted by atomic mass is 9.95. The monoisotopic (exact) mass is 601 g/mol. The first-order valence-electron chi connectivity index (χ1n) is 14.4. The van der Waals surface area contributed by atoms with Crippen LogP contribution in [0.15, 0.2) is 47.7 Å². The summed E-state index contributed by atoms with van der Waals surface area (Å²) in [5.74, 6) is 0. The van der Waals surface area contributed by atoms with Crippen LogP contribution in [0.4, 0.5) is 10.5 Å². The van der Waals surface area contributed by atoms with E-state index < -0.39 is 0 Å². The van der Waals surface area contributed by atoms with Crippen molar-refractivity contribution >= 4 is 45.1 Å². The zero-order valence-corrected chi connectivity index (χ0v) is 26.1. The fourth-order valence-corrected chi connectivity index (χ4v) is 6.39. The van der Waals surface area contributed by atoms with Crippen LogP contribution in [0.1, 0.15) is 43.0 Å². The molecule has 43 heavy (non-hydrogen) atoms. The molecule has 0 bridgehead atoms. The largest absolute Gasteiger partial charge is 0.377 e. The first kappa shape index (κ1) is 28.7. The highest BCUT2D eigenvalue weighted by molar-refractivity contribution is 6.29. The maximum atomic E-state index is 13.9. The van der Waals surface area contributed by atoms with Gasteiger partial charge in [-0.3, -0.25) is 14.0 Å². The highest BCUT2D eigenvalue weighted by Gasteiger charge is 2.28. The summed E-state index contributed by atoms with van der Waals surface area (Å²) in [7, 11) is 7.22. The van der Waals surface area contributed by atoms with E-state index in [1.165, 1.54) is 0 Å². The van der Waals surface area contributed by atoms with Crippen molar-refractivity contribution < 1.29 is 4.79 Å². The Balaban J connectivity index is 1.43. The van der Waals surface area contributed by atoms with Gasteiger partial charge in [0.25, 0.3) is 5.56 Å². The summed E-state index contributed by atoms with van der Waals surface area (Å²) >= 11 is 6.29. The first-order chi connectivity index (χ1) is 20.5. The van der Waals surface area contributed by atoms with Crippen molar-refractivity contribution in [3.8, 4) is 11.3 Å².